The number of aryl methyl sites for hydroxylation is 1. The standard InChI is InChI=1S/C18H21ClN2O/c1-13-7-6-10-16(11-13)22-14(2)12-21-18(20)17(19)15-8-4-3-5-9-15/h3-11,14,17H,12H2,1-2H3,(H2,20,21). The fraction of sp³-hybridized carbons (Fsp3) is 0.278. The summed E-state index contributed by atoms with van der Waals surface area (Å²) in [6.45, 7) is 4.53. The Hall–Kier alpha value is -2.00. The number of hydrogen-bond donors (Lipinski definition) is 2. The fourth-order valence-electron chi connectivity index (χ4n) is 2.09. The molecule has 2 aromatic rings. The third-order valence-electron chi connectivity index (χ3n) is 3.25. The number of amidine groups is 1. The first-order valence-electron chi connectivity index (χ1n) is 7.31. The van der Waals surface area contributed by atoms with Crippen LogP contribution in [0.5, 0.6) is 5.75 Å². The number of alkyl halides is 1. The third-order valence-corrected chi connectivity index (χ3v) is 3.72. The first kappa shape index (κ1) is 16.4. The maximum absolute atomic E-state index is 8.04. The van der Waals surface area contributed by atoms with Gasteiger partial charge in [0.15, 0.2) is 0 Å². The van der Waals surface area contributed by atoms with Gasteiger partial charge in [-0.1, -0.05) is 42.5 Å². The Morgan fingerprint density at radius 2 is 1.91 bits per heavy atom. The van der Waals surface area contributed by atoms with E-state index in [1.165, 1.54) is 0 Å². The zero-order valence-electron chi connectivity index (χ0n) is 12.8. The number of halogens is 1. The van der Waals surface area contributed by atoms with E-state index in [2.05, 4.69) is 5.32 Å². The van der Waals surface area contributed by atoms with E-state index in [0.717, 1.165) is 16.9 Å². The Labute approximate surface area is 136 Å². The van der Waals surface area contributed by atoms with Crippen molar-refractivity contribution >= 4 is 17.4 Å². The summed E-state index contributed by atoms with van der Waals surface area (Å²) in [7, 11) is 0. The van der Waals surface area contributed by atoms with Crippen molar-refractivity contribution in [1.29, 1.82) is 5.41 Å². The summed E-state index contributed by atoms with van der Waals surface area (Å²) in [6.07, 6.45) is -0.0539. The summed E-state index contributed by atoms with van der Waals surface area (Å²) in [5, 5.41) is 10.6. The van der Waals surface area contributed by atoms with E-state index in [1.807, 2.05) is 68.4 Å². The highest BCUT2D eigenvalue weighted by Gasteiger charge is 2.14. The largest absolute Gasteiger partial charge is 0.489 e. The molecule has 22 heavy (non-hydrogen) atoms. The average molecular weight is 317 g/mol. The number of rotatable bonds is 6. The predicted octanol–water partition coefficient (Wildman–Crippen LogP) is 4.31. The number of nitrogens with one attached hydrogen (secondary N) is 2. The molecule has 3 nitrogen and oxygen atoms in total. The minimum atomic E-state index is -0.465. The first-order valence-corrected chi connectivity index (χ1v) is 7.74. The normalized spacial score (nSPS) is 13.2. The minimum absolute atomic E-state index is 0.0539. The molecule has 2 unspecified atom stereocenters. The molecule has 0 aliphatic rings. The summed E-state index contributed by atoms with van der Waals surface area (Å²) in [5.41, 5.74) is 2.07. The Kier molecular flexibility index (Phi) is 5.84. The molecule has 2 rings (SSSR count). The smallest absolute Gasteiger partial charge is 0.120 e. The molecule has 0 radical (unpaired) electrons. The van der Waals surface area contributed by atoms with E-state index in [4.69, 9.17) is 21.7 Å². The van der Waals surface area contributed by atoms with Crippen LogP contribution in [0.15, 0.2) is 54.6 Å². The molecule has 0 aliphatic heterocycles. The van der Waals surface area contributed by atoms with Crippen LogP contribution >= 0.6 is 11.6 Å². The molecule has 4 heteroatoms. The second-order valence-electron chi connectivity index (χ2n) is 5.31. The van der Waals surface area contributed by atoms with Gasteiger partial charge in [-0.15, -0.1) is 11.6 Å². The molecule has 0 saturated carbocycles. The van der Waals surface area contributed by atoms with Crippen molar-refractivity contribution in [2.24, 2.45) is 0 Å². The molecule has 0 saturated heterocycles. The Balaban J connectivity index is 1.83. The van der Waals surface area contributed by atoms with Crippen molar-refractivity contribution in [2.45, 2.75) is 25.3 Å². The topological polar surface area (TPSA) is 45.1 Å². The van der Waals surface area contributed by atoms with Crippen LogP contribution in [0.1, 0.15) is 23.4 Å². The van der Waals surface area contributed by atoms with Gasteiger partial charge in [-0.3, -0.25) is 5.41 Å². The zero-order valence-corrected chi connectivity index (χ0v) is 13.6. The minimum Gasteiger partial charge on any atom is -0.489 e. The lowest BCUT2D eigenvalue weighted by Gasteiger charge is -2.19. The molecule has 0 bridgehead atoms. The van der Waals surface area contributed by atoms with E-state index < -0.39 is 5.38 Å². The van der Waals surface area contributed by atoms with Gasteiger partial charge in [-0.25, -0.2) is 0 Å². The molecule has 2 N–H and O–H groups in total. The lowest BCUT2D eigenvalue weighted by Crippen LogP contribution is -2.35. The Morgan fingerprint density at radius 3 is 2.59 bits per heavy atom. The summed E-state index contributed by atoms with van der Waals surface area (Å²) < 4.78 is 5.83. The summed E-state index contributed by atoms with van der Waals surface area (Å²) in [4.78, 5) is 0. The summed E-state index contributed by atoms with van der Waals surface area (Å²) in [6, 6.07) is 17.5. The lowest BCUT2D eigenvalue weighted by molar-refractivity contribution is 0.224. The van der Waals surface area contributed by atoms with Gasteiger partial charge < -0.3 is 10.1 Å². The van der Waals surface area contributed by atoms with Gasteiger partial charge in [0.05, 0.1) is 6.54 Å². The fourth-order valence-corrected chi connectivity index (χ4v) is 2.32. The Bertz CT molecular complexity index is 615. The highest BCUT2D eigenvalue weighted by Crippen LogP contribution is 2.20. The molecule has 0 heterocycles. The Morgan fingerprint density at radius 1 is 1.18 bits per heavy atom. The molecule has 0 spiro atoms. The SMILES string of the molecule is Cc1cccc(OC(C)CNC(=N)C(Cl)c2ccccc2)c1. The second kappa shape index (κ2) is 7.85. The maximum atomic E-state index is 8.04. The monoisotopic (exact) mass is 316 g/mol. The van der Waals surface area contributed by atoms with Gasteiger partial charge in [-0.2, -0.15) is 0 Å². The van der Waals surface area contributed by atoms with Gasteiger partial charge in [0, 0.05) is 0 Å². The first-order chi connectivity index (χ1) is 10.6. The van der Waals surface area contributed by atoms with Gasteiger partial charge in [0.25, 0.3) is 0 Å². The van der Waals surface area contributed by atoms with Crippen LogP contribution in [-0.4, -0.2) is 18.5 Å². The van der Waals surface area contributed by atoms with Crippen LogP contribution in [0.3, 0.4) is 0 Å². The van der Waals surface area contributed by atoms with E-state index >= 15 is 0 Å². The lowest BCUT2D eigenvalue weighted by atomic mass is 10.1. The van der Waals surface area contributed by atoms with Crippen molar-refractivity contribution in [2.75, 3.05) is 6.54 Å². The van der Waals surface area contributed by atoms with E-state index in [0.29, 0.717) is 6.54 Å². The molecule has 2 aromatic carbocycles. The number of ether oxygens (including phenoxy) is 1. The summed E-state index contributed by atoms with van der Waals surface area (Å²) >= 11 is 6.29. The molecule has 0 fully saturated rings. The van der Waals surface area contributed by atoms with Gasteiger partial charge in [0.2, 0.25) is 0 Å². The van der Waals surface area contributed by atoms with E-state index in [-0.39, 0.29) is 11.9 Å². The van der Waals surface area contributed by atoms with Crippen LogP contribution < -0.4 is 10.1 Å². The summed E-state index contributed by atoms with van der Waals surface area (Å²) in [5.74, 6) is 1.12. The van der Waals surface area contributed by atoms with Gasteiger partial charge in [0.1, 0.15) is 23.1 Å². The quantitative estimate of drug-likeness (QED) is 0.474. The molecule has 2 atom stereocenters. The molecular formula is C18H21ClN2O. The van der Waals surface area contributed by atoms with Gasteiger partial charge in [-0.05, 0) is 37.1 Å². The van der Waals surface area contributed by atoms with Crippen molar-refractivity contribution in [3.05, 3.63) is 65.7 Å². The second-order valence-corrected chi connectivity index (χ2v) is 5.75. The van der Waals surface area contributed by atoms with Crippen LogP contribution in [0.4, 0.5) is 0 Å². The molecule has 0 aromatic heterocycles. The molecule has 116 valence electrons. The van der Waals surface area contributed by atoms with Crippen LogP contribution in [0.2, 0.25) is 0 Å². The van der Waals surface area contributed by atoms with Crippen molar-refractivity contribution in [1.82, 2.24) is 5.32 Å². The van der Waals surface area contributed by atoms with Crippen LogP contribution in [0, 0.1) is 12.3 Å². The maximum Gasteiger partial charge on any atom is 0.120 e. The predicted molar refractivity (Wildman–Crippen MR) is 92.0 cm³/mol. The number of benzene rings is 2. The molecule has 0 aliphatic carbocycles. The highest BCUT2D eigenvalue weighted by atomic mass is 35.5. The van der Waals surface area contributed by atoms with Crippen LogP contribution in [0.25, 0.3) is 0 Å². The molecule has 0 amide bonds. The van der Waals surface area contributed by atoms with Crippen molar-refractivity contribution < 1.29 is 4.74 Å². The van der Waals surface area contributed by atoms with Crippen LogP contribution in [-0.2, 0) is 0 Å². The average Bonchev–Trinajstić information content (AvgIpc) is 2.52. The van der Waals surface area contributed by atoms with Gasteiger partial charge >= 0.3 is 0 Å². The zero-order chi connectivity index (χ0) is 15.9. The van der Waals surface area contributed by atoms with E-state index in [1.54, 1.807) is 0 Å². The van der Waals surface area contributed by atoms with E-state index in [9.17, 15) is 0 Å². The van der Waals surface area contributed by atoms with Crippen molar-refractivity contribution in [3.8, 4) is 5.75 Å². The third kappa shape index (κ3) is 4.78. The highest BCUT2D eigenvalue weighted by molar-refractivity contribution is 6.31. The number of hydrogen-bond acceptors (Lipinski definition) is 2. The molecular weight excluding hydrogens is 296 g/mol. The van der Waals surface area contributed by atoms with Crippen molar-refractivity contribution in [3.63, 3.8) is 0 Å².